The summed E-state index contributed by atoms with van der Waals surface area (Å²) in [4.78, 5) is 18.8. The first kappa shape index (κ1) is 17.4. The minimum absolute atomic E-state index is 0.104. The maximum absolute atomic E-state index is 12.9. The zero-order valence-corrected chi connectivity index (χ0v) is 15.3. The van der Waals surface area contributed by atoms with Gasteiger partial charge in [0, 0.05) is 24.5 Å². The lowest BCUT2D eigenvalue weighted by Crippen LogP contribution is -2.39. The highest BCUT2D eigenvalue weighted by Crippen LogP contribution is 2.32. The van der Waals surface area contributed by atoms with Crippen molar-refractivity contribution in [3.8, 4) is 11.5 Å². The monoisotopic (exact) mass is 362 g/mol. The second kappa shape index (κ2) is 7.70. The Kier molecular flexibility index (Phi) is 4.96. The van der Waals surface area contributed by atoms with Crippen molar-refractivity contribution in [3.63, 3.8) is 0 Å². The van der Waals surface area contributed by atoms with Gasteiger partial charge in [0.1, 0.15) is 6.04 Å². The van der Waals surface area contributed by atoms with Gasteiger partial charge in [-0.15, -0.1) is 10.2 Å². The zero-order chi connectivity index (χ0) is 18.6. The number of piperidine rings is 1. The number of benzene rings is 1. The molecule has 138 valence electrons. The van der Waals surface area contributed by atoms with Gasteiger partial charge in [0.2, 0.25) is 17.7 Å². The number of carbonyl (C=O) groups is 1. The van der Waals surface area contributed by atoms with E-state index in [4.69, 9.17) is 4.42 Å². The highest BCUT2D eigenvalue weighted by Gasteiger charge is 2.32. The van der Waals surface area contributed by atoms with Crippen molar-refractivity contribution in [1.82, 2.24) is 20.1 Å². The first-order valence-corrected chi connectivity index (χ1v) is 9.29. The lowest BCUT2D eigenvalue weighted by molar-refractivity contribution is -0.134. The number of rotatable bonds is 4. The van der Waals surface area contributed by atoms with Gasteiger partial charge < -0.3 is 9.32 Å². The molecule has 1 aromatic carbocycles. The number of likely N-dealkylation sites (tertiary alicyclic amines) is 1. The largest absolute Gasteiger partial charge is 0.418 e. The summed E-state index contributed by atoms with van der Waals surface area (Å²) in [7, 11) is 0. The van der Waals surface area contributed by atoms with Gasteiger partial charge in [-0.25, -0.2) is 0 Å². The molecule has 1 aliphatic rings. The molecular formula is C21H22N4O2. The molecule has 2 aromatic heterocycles. The minimum atomic E-state index is -0.153. The summed E-state index contributed by atoms with van der Waals surface area (Å²) in [5.41, 5.74) is 3.05. The van der Waals surface area contributed by atoms with Crippen LogP contribution in [0.15, 0.2) is 53.2 Å². The molecule has 0 bridgehead atoms. The van der Waals surface area contributed by atoms with Gasteiger partial charge in [-0.05, 0) is 43.9 Å². The molecule has 6 nitrogen and oxygen atoms in total. The van der Waals surface area contributed by atoms with Crippen LogP contribution in [0.25, 0.3) is 11.5 Å². The molecule has 1 atom stereocenters. The van der Waals surface area contributed by atoms with Crippen molar-refractivity contribution in [3.05, 3.63) is 65.8 Å². The van der Waals surface area contributed by atoms with Crippen molar-refractivity contribution in [2.75, 3.05) is 6.54 Å². The average molecular weight is 362 g/mol. The van der Waals surface area contributed by atoms with Gasteiger partial charge in [0.25, 0.3) is 0 Å². The molecule has 3 aromatic rings. The molecular weight excluding hydrogens is 340 g/mol. The number of carbonyl (C=O) groups excluding carboxylic acids is 1. The van der Waals surface area contributed by atoms with Crippen LogP contribution in [-0.4, -0.2) is 32.5 Å². The standard InChI is InChI=1S/C21H22N4O2/c1-15-5-7-16(8-6-15)14-19(26)25-13-3-2-4-18(25)21-24-23-20(27-21)17-9-11-22-12-10-17/h5-12,18H,2-4,13-14H2,1H3/t18-/m1/s1. The van der Waals surface area contributed by atoms with E-state index < -0.39 is 0 Å². The van der Waals surface area contributed by atoms with E-state index in [9.17, 15) is 4.79 Å². The smallest absolute Gasteiger partial charge is 0.247 e. The Morgan fingerprint density at radius 1 is 1.11 bits per heavy atom. The van der Waals surface area contributed by atoms with Crippen molar-refractivity contribution in [1.29, 1.82) is 0 Å². The molecule has 0 spiro atoms. The van der Waals surface area contributed by atoms with E-state index in [0.717, 1.165) is 36.9 Å². The van der Waals surface area contributed by atoms with Gasteiger partial charge in [-0.3, -0.25) is 9.78 Å². The molecule has 1 aliphatic heterocycles. The maximum atomic E-state index is 12.9. The predicted octanol–water partition coefficient (Wildman–Crippen LogP) is 3.74. The van der Waals surface area contributed by atoms with Crippen molar-refractivity contribution >= 4 is 5.91 Å². The van der Waals surface area contributed by atoms with Crippen LogP contribution in [0.3, 0.4) is 0 Å². The maximum Gasteiger partial charge on any atom is 0.247 e. The fourth-order valence-electron chi connectivity index (χ4n) is 3.45. The van der Waals surface area contributed by atoms with E-state index in [1.165, 1.54) is 5.56 Å². The fourth-order valence-corrected chi connectivity index (χ4v) is 3.45. The first-order chi connectivity index (χ1) is 13.2. The van der Waals surface area contributed by atoms with Gasteiger partial charge in [0.05, 0.1) is 6.42 Å². The van der Waals surface area contributed by atoms with Crippen molar-refractivity contribution in [2.45, 2.75) is 38.6 Å². The van der Waals surface area contributed by atoms with Crippen LogP contribution in [0, 0.1) is 6.92 Å². The third-order valence-electron chi connectivity index (χ3n) is 4.95. The second-order valence-electron chi connectivity index (χ2n) is 6.94. The summed E-state index contributed by atoms with van der Waals surface area (Å²) < 4.78 is 5.91. The van der Waals surface area contributed by atoms with Gasteiger partial charge >= 0.3 is 0 Å². The lowest BCUT2D eigenvalue weighted by Gasteiger charge is -2.33. The van der Waals surface area contributed by atoms with Crippen LogP contribution in [0.2, 0.25) is 0 Å². The molecule has 1 amide bonds. The summed E-state index contributed by atoms with van der Waals surface area (Å²) in [6, 6.07) is 11.6. The Bertz CT molecular complexity index is 905. The summed E-state index contributed by atoms with van der Waals surface area (Å²) in [6.07, 6.45) is 6.67. The third-order valence-corrected chi connectivity index (χ3v) is 4.95. The van der Waals surface area contributed by atoms with Crippen molar-refractivity contribution < 1.29 is 9.21 Å². The Labute approximate surface area is 158 Å². The van der Waals surface area contributed by atoms with E-state index in [0.29, 0.717) is 18.2 Å². The minimum Gasteiger partial charge on any atom is -0.418 e. The van der Waals surface area contributed by atoms with E-state index in [1.54, 1.807) is 12.4 Å². The van der Waals surface area contributed by atoms with Gasteiger partial charge in [0.15, 0.2) is 0 Å². The number of hydrogen-bond donors (Lipinski definition) is 0. The quantitative estimate of drug-likeness (QED) is 0.707. The van der Waals surface area contributed by atoms with Crippen LogP contribution in [0.5, 0.6) is 0 Å². The summed E-state index contributed by atoms with van der Waals surface area (Å²) in [5, 5.41) is 8.40. The predicted molar refractivity (Wildman–Crippen MR) is 101 cm³/mol. The Morgan fingerprint density at radius 3 is 2.67 bits per heavy atom. The second-order valence-corrected chi connectivity index (χ2v) is 6.94. The topological polar surface area (TPSA) is 72.1 Å². The van der Waals surface area contributed by atoms with Gasteiger partial charge in [-0.2, -0.15) is 0 Å². The molecule has 1 saturated heterocycles. The Morgan fingerprint density at radius 2 is 1.89 bits per heavy atom. The third kappa shape index (κ3) is 3.89. The van der Waals surface area contributed by atoms with Crippen LogP contribution >= 0.6 is 0 Å². The molecule has 4 rings (SSSR count). The number of aryl methyl sites for hydroxylation is 1. The molecule has 3 heterocycles. The first-order valence-electron chi connectivity index (χ1n) is 9.29. The summed E-state index contributed by atoms with van der Waals surface area (Å²) in [6.45, 7) is 2.77. The number of pyridine rings is 1. The molecule has 1 fully saturated rings. The number of aromatic nitrogens is 3. The molecule has 0 aliphatic carbocycles. The van der Waals surface area contributed by atoms with E-state index in [1.807, 2.05) is 48.2 Å². The van der Waals surface area contributed by atoms with Crippen LogP contribution in [0.1, 0.15) is 42.3 Å². The molecule has 6 heteroatoms. The van der Waals surface area contributed by atoms with Crippen molar-refractivity contribution in [2.24, 2.45) is 0 Å². The molecule has 0 unspecified atom stereocenters. The Balaban J connectivity index is 1.53. The van der Waals surface area contributed by atoms with E-state index in [2.05, 4.69) is 15.2 Å². The highest BCUT2D eigenvalue weighted by atomic mass is 16.4. The SMILES string of the molecule is Cc1ccc(CC(=O)N2CCCC[C@@H]2c2nnc(-c3ccncc3)o2)cc1. The normalized spacial score (nSPS) is 17.1. The van der Waals surface area contributed by atoms with E-state index in [-0.39, 0.29) is 11.9 Å². The molecule has 27 heavy (non-hydrogen) atoms. The Hall–Kier alpha value is -3.02. The summed E-state index contributed by atoms with van der Waals surface area (Å²) in [5.74, 6) is 1.08. The van der Waals surface area contributed by atoms with Gasteiger partial charge in [-0.1, -0.05) is 29.8 Å². The summed E-state index contributed by atoms with van der Waals surface area (Å²) >= 11 is 0. The van der Waals surface area contributed by atoms with Crippen LogP contribution in [0.4, 0.5) is 0 Å². The lowest BCUT2D eigenvalue weighted by atomic mass is 10.0. The molecule has 0 radical (unpaired) electrons. The molecule has 0 N–H and O–H groups in total. The van der Waals surface area contributed by atoms with Crippen LogP contribution < -0.4 is 0 Å². The highest BCUT2D eigenvalue weighted by molar-refractivity contribution is 5.79. The number of amides is 1. The average Bonchev–Trinajstić information content (AvgIpc) is 3.20. The number of hydrogen-bond acceptors (Lipinski definition) is 5. The van der Waals surface area contributed by atoms with E-state index >= 15 is 0 Å². The fraction of sp³-hybridized carbons (Fsp3) is 0.333. The molecule has 0 saturated carbocycles. The zero-order valence-electron chi connectivity index (χ0n) is 15.3. The number of nitrogens with zero attached hydrogens (tertiary/aromatic N) is 4. The van der Waals surface area contributed by atoms with Crippen LogP contribution in [-0.2, 0) is 11.2 Å².